The van der Waals surface area contributed by atoms with Crippen LogP contribution in [0.4, 0.5) is 16.2 Å². The lowest BCUT2D eigenvalue weighted by Gasteiger charge is -2.19. The van der Waals surface area contributed by atoms with E-state index in [0.717, 1.165) is 65.6 Å². The molecule has 0 saturated carbocycles. The topological polar surface area (TPSA) is 123 Å². The predicted molar refractivity (Wildman–Crippen MR) is 234 cm³/mol. The Morgan fingerprint density at radius 1 is 0.719 bits per heavy atom. The minimum absolute atomic E-state index is 0.0842. The zero-order valence-electron chi connectivity index (χ0n) is 35.0. The van der Waals surface area contributed by atoms with Crippen molar-refractivity contribution in [1.29, 1.82) is 0 Å². The predicted octanol–water partition coefficient (Wildman–Crippen LogP) is 10.5. The smallest absolute Gasteiger partial charge is 0.319 e. The van der Waals surface area contributed by atoms with Crippen LogP contribution in [-0.4, -0.2) is 37.5 Å². The first-order chi connectivity index (χ1) is 27.2. The van der Waals surface area contributed by atoms with Crippen LogP contribution in [0.1, 0.15) is 88.9 Å². The second-order valence-electron chi connectivity index (χ2n) is 16.6. The van der Waals surface area contributed by atoms with Crippen molar-refractivity contribution < 1.29 is 14.3 Å². The SMILES string of the molecule is CC(C)Cc1ccc2c(c1)NC(=O)NC2.CC(C)Cc1ccc2c(c1)OCC(=O)N2.CC(C)Cc1ccc2ncnn2c1.Cc1nsc2ccc(CC(C)C)cc12. The highest BCUT2D eigenvalue weighted by Crippen LogP contribution is 2.29. The van der Waals surface area contributed by atoms with Crippen LogP contribution in [0.2, 0.25) is 0 Å². The van der Waals surface area contributed by atoms with Gasteiger partial charge < -0.3 is 20.7 Å². The Bertz CT molecular complexity index is 2260. The van der Waals surface area contributed by atoms with E-state index in [2.05, 4.69) is 135 Å². The third kappa shape index (κ3) is 13.1. The van der Waals surface area contributed by atoms with Crippen LogP contribution >= 0.6 is 11.5 Å². The van der Waals surface area contributed by atoms with Crippen LogP contribution in [0, 0.1) is 30.6 Å². The molecule has 3 amide bonds. The van der Waals surface area contributed by atoms with Gasteiger partial charge in [0.1, 0.15) is 12.1 Å². The van der Waals surface area contributed by atoms with Gasteiger partial charge in [-0.1, -0.05) is 85.7 Å². The van der Waals surface area contributed by atoms with Gasteiger partial charge in [-0.2, -0.15) is 9.47 Å². The molecule has 3 aromatic heterocycles. The van der Waals surface area contributed by atoms with Crippen molar-refractivity contribution in [1.82, 2.24) is 24.3 Å². The van der Waals surface area contributed by atoms with Gasteiger partial charge in [-0.15, -0.1) is 0 Å². The number of rotatable bonds is 8. The molecule has 0 unspecified atom stereocenters. The third-order valence-corrected chi connectivity index (χ3v) is 10.1. The second-order valence-corrected chi connectivity index (χ2v) is 17.4. The Labute approximate surface area is 342 Å². The fraction of sp³-hybridized carbons (Fsp3) is 0.413. The Hall–Kier alpha value is -5.29. The number of nitrogens with one attached hydrogen (secondary N) is 3. The van der Waals surface area contributed by atoms with Crippen molar-refractivity contribution in [2.24, 2.45) is 23.7 Å². The standard InChI is InChI=1S/C12H16N2O.C12H15NO2.C12H15NS.C10H13N3/c1-8(2)5-9-3-4-10-7-13-12(15)14-11(10)6-9;1-8(2)5-9-3-4-10-11(6-9)15-7-12(14)13-10;1-8(2)6-10-4-5-12-11(7-10)9(3)13-14-12;1-8(2)5-9-3-4-10-11-7-12-13(10)6-9/h3-4,6,8H,5,7H2,1-2H3,(H2,13,14,15);3-4,6,8H,5,7H2,1-2H3,(H,13,14);4-5,7-8H,6H2,1-3H3;3-4,6-8H,5H2,1-2H3. The molecule has 0 fully saturated rings. The Morgan fingerprint density at radius 2 is 1.33 bits per heavy atom. The van der Waals surface area contributed by atoms with Gasteiger partial charge in [0.2, 0.25) is 0 Å². The second kappa shape index (κ2) is 20.2. The van der Waals surface area contributed by atoms with Gasteiger partial charge in [0.25, 0.3) is 5.91 Å². The van der Waals surface area contributed by atoms with Crippen LogP contribution in [0.15, 0.2) is 79.3 Å². The summed E-state index contributed by atoms with van der Waals surface area (Å²) in [5, 5.41) is 13.8. The highest BCUT2D eigenvalue weighted by Gasteiger charge is 2.16. The third-order valence-electron chi connectivity index (χ3n) is 9.17. The fourth-order valence-corrected chi connectivity index (χ4v) is 7.48. The van der Waals surface area contributed by atoms with Crippen molar-refractivity contribution in [3.63, 3.8) is 0 Å². The van der Waals surface area contributed by atoms with E-state index in [1.807, 2.05) is 35.0 Å². The maximum Gasteiger partial charge on any atom is 0.319 e. The van der Waals surface area contributed by atoms with Gasteiger partial charge in [-0.3, -0.25) is 4.79 Å². The molecule has 10 nitrogen and oxygen atoms in total. The normalized spacial score (nSPS) is 13.0. The van der Waals surface area contributed by atoms with Crippen molar-refractivity contribution >= 4 is 50.6 Å². The number of aryl methyl sites for hydroxylation is 1. The first-order valence-electron chi connectivity index (χ1n) is 20.1. The van der Waals surface area contributed by atoms with E-state index in [0.29, 0.717) is 24.3 Å². The molecule has 0 spiro atoms. The quantitative estimate of drug-likeness (QED) is 0.141. The summed E-state index contributed by atoms with van der Waals surface area (Å²) < 4.78 is 12.8. The minimum Gasteiger partial charge on any atom is -0.482 e. The number of hydrogen-bond donors (Lipinski definition) is 3. The Morgan fingerprint density at radius 3 is 2.04 bits per heavy atom. The number of fused-ring (bicyclic) bond motifs is 4. The molecule has 3 N–H and O–H groups in total. The van der Waals surface area contributed by atoms with Gasteiger partial charge >= 0.3 is 6.03 Å². The highest BCUT2D eigenvalue weighted by molar-refractivity contribution is 7.13. The lowest BCUT2D eigenvalue weighted by molar-refractivity contribution is -0.118. The molecule has 0 saturated heterocycles. The number of benzene rings is 3. The van der Waals surface area contributed by atoms with Crippen molar-refractivity contribution in [3.05, 3.63) is 113 Å². The number of aromatic nitrogens is 4. The summed E-state index contributed by atoms with van der Waals surface area (Å²) in [4.78, 5) is 26.3. The molecule has 2 aliphatic rings. The van der Waals surface area contributed by atoms with Gasteiger partial charge in [0.05, 0.1) is 16.1 Å². The van der Waals surface area contributed by atoms with E-state index in [-0.39, 0.29) is 18.5 Å². The number of amides is 3. The maximum atomic E-state index is 11.1. The van der Waals surface area contributed by atoms with Gasteiger partial charge in [-0.05, 0) is 132 Å². The number of ether oxygens (including phenoxy) is 1. The molecule has 11 heteroatoms. The zero-order chi connectivity index (χ0) is 41.1. The molecule has 5 heterocycles. The molecule has 6 aromatic rings. The molecule has 2 aliphatic heterocycles. The van der Waals surface area contributed by atoms with Crippen LogP contribution in [0.3, 0.4) is 0 Å². The monoisotopic (exact) mass is 789 g/mol. The van der Waals surface area contributed by atoms with E-state index in [1.54, 1.807) is 17.9 Å². The molecule has 0 aliphatic carbocycles. The van der Waals surface area contributed by atoms with Crippen molar-refractivity contribution in [2.75, 3.05) is 17.2 Å². The van der Waals surface area contributed by atoms with Crippen LogP contribution < -0.4 is 20.7 Å². The number of carbonyl (C=O) groups excluding carboxylic acids is 2. The number of urea groups is 1. The largest absolute Gasteiger partial charge is 0.482 e. The molecule has 8 rings (SSSR count). The molecule has 3 aromatic carbocycles. The summed E-state index contributed by atoms with van der Waals surface area (Å²) >= 11 is 1.59. The van der Waals surface area contributed by atoms with E-state index in [1.165, 1.54) is 32.3 Å². The fourth-order valence-electron chi connectivity index (χ4n) is 6.71. The van der Waals surface area contributed by atoms with Crippen LogP contribution in [0.25, 0.3) is 15.7 Å². The van der Waals surface area contributed by atoms with Gasteiger partial charge in [0.15, 0.2) is 12.3 Å². The van der Waals surface area contributed by atoms with E-state index < -0.39 is 0 Å². The van der Waals surface area contributed by atoms with Crippen molar-refractivity contribution in [3.8, 4) is 5.75 Å². The molecule has 0 radical (unpaired) electrons. The van der Waals surface area contributed by atoms with E-state index in [4.69, 9.17) is 4.74 Å². The lowest BCUT2D eigenvalue weighted by atomic mass is 10.00. The van der Waals surface area contributed by atoms with Gasteiger partial charge in [0, 0.05) is 23.8 Å². The summed E-state index contributed by atoms with van der Waals surface area (Å²) in [6.45, 7) is 20.5. The Balaban J connectivity index is 0.000000145. The summed E-state index contributed by atoms with van der Waals surface area (Å²) in [6.07, 6.45) is 7.96. The molecular weight excluding hydrogens is 731 g/mol. The number of hydrogen-bond acceptors (Lipinski definition) is 7. The maximum absolute atomic E-state index is 11.1. The van der Waals surface area contributed by atoms with E-state index >= 15 is 0 Å². The molecular formula is C46H59N7O3S. The number of carbonyl (C=O) groups is 2. The first-order valence-corrected chi connectivity index (χ1v) is 20.8. The zero-order valence-corrected chi connectivity index (χ0v) is 35.8. The highest BCUT2D eigenvalue weighted by atomic mass is 32.1. The molecule has 0 atom stereocenters. The number of pyridine rings is 1. The van der Waals surface area contributed by atoms with Gasteiger partial charge in [-0.25, -0.2) is 14.3 Å². The molecule has 0 bridgehead atoms. The summed E-state index contributed by atoms with van der Waals surface area (Å²) in [7, 11) is 0. The lowest BCUT2D eigenvalue weighted by Crippen LogP contribution is -2.33. The first kappa shape index (κ1) is 42.8. The van der Waals surface area contributed by atoms with Crippen LogP contribution in [0.5, 0.6) is 5.75 Å². The number of anilines is 2. The molecule has 302 valence electrons. The number of nitrogens with zero attached hydrogens (tertiary/aromatic N) is 4. The summed E-state index contributed by atoms with van der Waals surface area (Å²) in [5.74, 6) is 3.37. The van der Waals surface area contributed by atoms with Crippen molar-refractivity contribution in [2.45, 2.75) is 94.5 Å². The minimum atomic E-state index is -0.107. The average molecular weight is 790 g/mol. The average Bonchev–Trinajstić information content (AvgIpc) is 3.77. The summed E-state index contributed by atoms with van der Waals surface area (Å²) in [6, 6.07) is 23.0. The van der Waals surface area contributed by atoms with E-state index in [9.17, 15) is 9.59 Å². The summed E-state index contributed by atoms with van der Waals surface area (Å²) in [5.41, 5.74) is 10.2. The van der Waals surface area contributed by atoms with Crippen LogP contribution in [-0.2, 0) is 37.0 Å². The Kier molecular flexibility index (Phi) is 15.2. The molecule has 57 heavy (non-hydrogen) atoms.